The van der Waals surface area contributed by atoms with Crippen molar-refractivity contribution < 1.29 is 52.8 Å². The smallest absolute Gasteiger partial charge is 0.330 e. The maximum atomic E-state index is 13.8. The zero-order valence-corrected chi connectivity index (χ0v) is 31.8. The second-order valence-corrected chi connectivity index (χ2v) is 13.9. The molecule has 12 heteroatoms. The number of piperidine rings is 1. The second kappa shape index (κ2) is 22.9. The number of phenolic OH excluding ortho intramolecular Hbond substituents is 1. The largest absolute Gasteiger partial charge is 0.504 e. The van der Waals surface area contributed by atoms with Gasteiger partial charge in [-0.2, -0.15) is 0 Å². The van der Waals surface area contributed by atoms with Crippen LogP contribution in [0, 0.1) is 23.1 Å². The number of allylic oxidation sites excluding steroid dienone is 1. The molecule has 0 aromatic heterocycles. The van der Waals surface area contributed by atoms with Gasteiger partial charge >= 0.3 is 5.97 Å². The Kier molecular flexibility index (Phi) is 20.0. The van der Waals surface area contributed by atoms with E-state index in [1.807, 2.05) is 26.8 Å². The number of methoxy groups -OCH3 is 1. The number of hydrogen-bond donors (Lipinski definition) is 2. The number of carbonyl (C=O) groups excluding carboxylic acids is 4. The fourth-order valence-electron chi connectivity index (χ4n) is 5.01. The minimum absolute atomic E-state index is 0.0184. The molecule has 1 heterocycles. The Morgan fingerprint density at radius 1 is 1.02 bits per heavy atom. The Morgan fingerprint density at radius 3 is 2.25 bits per heavy atom. The zero-order valence-electron chi connectivity index (χ0n) is 31.8. The summed E-state index contributed by atoms with van der Waals surface area (Å²) in [5, 5.41) is 16.7. The summed E-state index contributed by atoms with van der Waals surface area (Å²) in [6.07, 6.45) is 8.24. The highest BCUT2D eigenvalue weighted by Crippen LogP contribution is 2.27. The summed E-state index contributed by atoms with van der Waals surface area (Å²) in [7, 11) is 1.51. The van der Waals surface area contributed by atoms with E-state index in [1.54, 1.807) is 56.9 Å². The molecule has 1 atom stereocenters. The van der Waals surface area contributed by atoms with Gasteiger partial charge in [-0.1, -0.05) is 39.8 Å². The van der Waals surface area contributed by atoms with Crippen molar-refractivity contribution in [1.82, 2.24) is 4.90 Å². The van der Waals surface area contributed by atoms with E-state index in [0.717, 1.165) is 43.2 Å². The van der Waals surface area contributed by atoms with Gasteiger partial charge in [0.2, 0.25) is 5.78 Å². The fourth-order valence-corrected chi connectivity index (χ4v) is 5.01. The molecule has 1 aliphatic heterocycles. The van der Waals surface area contributed by atoms with E-state index in [2.05, 4.69) is 0 Å². The number of carboxylic acid groups (broad SMARTS) is 1. The highest BCUT2D eigenvalue weighted by atomic mass is 19.1. The van der Waals surface area contributed by atoms with E-state index in [0.29, 0.717) is 24.5 Å². The summed E-state index contributed by atoms with van der Waals surface area (Å²) in [6, 6.07) is 9.92. The Labute approximate surface area is 307 Å². The van der Waals surface area contributed by atoms with Crippen molar-refractivity contribution in [3.63, 3.8) is 0 Å². The molecule has 0 aliphatic carbocycles. The number of aromatic hydroxyl groups is 1. The quantitative estimate of drug-likeness (QED) is 0.0869. The standard InChI is InChI=1S/C21H25FO4.C18H29NO4.CH2O2/c1-14(2)20(24)13-26-18-10-16(9-17(22)12-18)6-4-5-15-7-8-21(25-3)19(23)11-15;1-13(2)9-10-15(20)23-12-18(4,5)16(21)17(22)19-11-7-6-8-14(19)3;2-1-3/h7-12,14,23H,4-6,13H2,1-3H3;9-10,13-14H,6-8,11-12H2,1-5H3;1H,(H,2,3)/b;10-9-;. The lowest BCUT2D eigenvalue weighted by Gasteiger charge is -2.34. The fraction of sp³-hybridized carbons (Fsp3) is 0.525. The molecule has 0 radical (unpaired) electrons. The average Bonchev–Trinajstić information content (AvgIpc) is 3.09. The molecule has 2 N–H and O–H groups in total. The normalized spacial score (nSPS) is 14.1. The third kappa shape index (κ3) is 16.5. The molecule has 3 rings (SSSR count). The Bertz CT molecular complexity index is 1500. The molecular weight excluding hydrogens is 673 g/mol. The number of rotatable bonds is 15. The van der Waals surface area contributed by atoms with Crippen LogP contribution in [-0.4, -0.2) is 77.9 Å². The number of likely N-dealkylation sites (tertiary alicyclic amines) is 1. The number of ketones is 2. The van der Waals surface area contributed by atoms with Crippen LogP contribution in [0.5, 0.6) is 17.2 Å². The SMILES string of the molecule is CC(C)/C=C\C(=O)OCC(C)(C)C(=O)C(=O)N1CCCCC1C.COc1ccc(CCCc2cc(F)cc(OCC(=O)C(C)C)c2)cc1O.O=CO. The van der Waals surface area contributed by atoms with E-state index in [4.69, 9.17) is 24.1 Å². The van der Waals surface area contributed by atoms with Crippen molar-refractivity contribution in [1.29, 1.82) is 0 Å². The topological polar surface area (TPSA) is 157 Å². The van der Waals surface area contributed by atoms with Crippen LogP contribution in [0.1, 0.15) is 85.3 Å². The molecule has 1 amide bonds. The molecule has 2 aromatic rings. The molecule has 0 spiro atoms. The maximum Gasteiger partial charge on any atom is 0.330 e. The van der Waals surface area contributed by atoms with Crippen LogP contribution in [0.15, 0.2) is 48.6 Å². The molecular formula is C40H56FNO10. The summed E-state index contributed by atoms with van der Waals surface area (Å²) < 4.78 is 29.4. The summed E-state index contributed by atoms with van der Waals surface area (Å²) in [6.45, 7) is 13.0. The van der Waals surface area contributed by atoms with Crippen molar-refractivity contribution in [2.24, 2.45) is 17.3 Å². The van der Waals surface area contributed by atoms with Crippen molar-refractivity contribution in [3.8, 4) is 17.2 Å². The minimum atomic E-state index is -1.02. The lowest BCUT2D eigenvalue weighted by atomic mass is 9.87. The molecule has 0 bridgehead atoms. The van der Waals surface area contributed by atoms with Gasteiger partial charge in [0.25, 0.3) is 12.4 Å². The molecule has 2 aromatic carbocycles. The van der Waals surface area contributed by atoms with Gasteiger partial charge in [0.1, 0.15) is 24.8 Å². The summed E-state index contributed by atoms with van der Waals surface area (Å²) in [4.78, 5) is 58.2. The van der Waals surface area contributed by atoms with Crippen LogP contribution < -0.4 is 9.47 Å². The Hall–Kier alpha value is -4.74. The van der Waals surface area contributed by atoms with E-state index >= 15 is 0 Å². The number of halogens is 1. The van der Waals surface area contributed by atoms with E-state index in [-0.39, 0.29) is 54.9 Å². The third-order valence-electron chi connectivity index (χ3n) is 8.20. The lowest BCUT2D eigenvalue weighted by molar-refractivity contribution is -0.155. The number of aryl methyl sites for hydroxylation is 2. The molecule has 1 fully saturated rings. The number of benzene rings is 2. The van der Waals surface area contributed by atoms with Gasteiger partial charge in [0.15, 0.2) is 17.3 Å². The van der Waals surface area contributed by atoms with Crippen LogP contribution in [0.3, 0.4) is 0 Å². The van der Waals surface area contributed by atoms with Gasteiger partial charge in [-0.25, -0.2) is 9.18 Å². The predicted molar refractivity (Wildman–Crippen MR) is 196 cm³/mol. The van der Waals surface area contributed by atoms with E-state index < -0.39 is 23.1 Å². The zero-order chi connectivity index (χ0) is 39.4. The van der Waals surface area contributed by atoms with Crippen LogP contribution in [0.4, 0.5) is 4.39 Å². The highest BCUT2D eigenvalue weighted by Gasteiger charge is 2.38. The monoisotopic (exact) mass is 729 g/mol. The first-order chi connectivity index (χ1) is 24.4. The van der Waals surface area contributed by atoms with Gasteiger partial charge in [0.05, 0.1) is 12.5 Å². The number of amides is 1. The first kappa shape index (κ1) is 45.3. The van der Waals surface area contributed by atoms with Crippen molar-refractivity contribution in [2.75, 3.05) is 26.9 Å². The minimum Gasteiger partial charge on any atom is -0.504 e. The van der Waals surface area contributed by atoms with Crippen molar-refractivity contribution in [3.05, 3.63) is 65.5 Å². The third-order valence-corrected chi connectivity index (χ3v) is 8.20. The lowest BCUT2D eigenvalue weighted by Crippen LogP contribution is -2.49. The van der Waals surface area contributed by atoms with Gasteiger partial charge in [-0.05, 0) is 101 Å². The Morgan fingerprint density at radius 2 is 1.67 bits per heavy atom. The number of Topliss-reactive ketones (excluding diaryl/α,β-unsaturated/α-hetero) is 2. The van der Waals surface area contributed by atoms with Crippen LogP contribution in [0.25, 0.3) is 0 Å². The van der Waals surface area contributed by atoms with Gasteiger partial charge in [-0.3, -0.25) is 19.2 Å². The molecule has 1 unspecified atom stereocenters. The number of carbonyl (C=O) groups is 5. The maximum absolute atomic E-state index is 13.8. The van der Waals surface area contributed by atoms with E-state index in [9.17, 15) is 28.7 Å². The average molecular weight is 730 g/mol. The summed E-state index contributed by atoms with van der Waals surface area (Å²) in [5.74, 6) is -0.773. The van der Waals surface area contributed by atoms with Crippen LogP contribution in [-0.2, 0) is 41.6 Å². The van der Waals surface area contributed by atoms with Crippen LogP contribution >= 0.6 is 0 Å². The molecule has 1 aliphatic rings. The number of hydrogen-bond acceptors (Lipinski definition) is 9. The molecule has 288 valence electrons. The summed E-state index contributed by atoms with van der Waals surface area (Å²) in [5.41, 5.74) is 0.781. The van der Waals surface area contributed by atoms with Crippen molar-refractivity contribution in [2.45, 2.75) is 93.0 Å². The van der Waals surface area contributed by atoms with Crippen LogP contribution in [0.2, 0.25) is 0 Å². The Balaban J connectivity index is 0.000000487. The highest BCUT2D eigenvalue weighted by molar-refractivity contribution is 6.38. The number of nitrogens with zero attached hydrogens (tertiary/aromatic N) is 1. The van der Waals surface area contributed by atoms with Gasteiger partial charge < -0.3 is 29.3 Å². The predicted octanol–water partition coefficient (Wildman–Crippen LogP) is 6.76. The second-order valence-electron chi connectivity index (χ2n) is 13.9. The first-order valence-corrected chi connectivity index (χ1v) is 17.5. The van der Waals surface area contributed by atoms with E-state index in [1.165, 1.54) is 25.3 Å². The molecule has 11 nitrogen and oxygen atoms in total. The number of ether oxygens (including phenoxy) is 3. The number of esters is 1. The summed E-state index contributed by atoms with van der Waals surface area (Å²) >= 11 is 0. The molecule has 1 saturated heterocycles. The number of phenols is 1. The molecule has 0 saturated carbocycles. The van der Waals surface area contributed by atoms with Gasteiger partial charge in [-0.15, -0.1) is 0 Å². The van der Waals surface area contributed by atoms with Crippen molar-refractivity contribution >= 4 is 29.9 Å². The van der Waals surface area contributed by atoms with Gasteiger partial charge in [0, 0.05) is 30.6 Å². The first-order valence-electron chi connectivity index (χ1n) is 17.5. The molecule has 52 heavy (non-hydrogen) atoms.